The quantitative estimate of drug-likeness (QED) is 0.882. The zero-order valence-electron chi connectivity index (χ0n) is 11.2. The minimum atomic E-state index is -2.49. The number of anilines is 1. The molecule has 1 aliphatic rings. The molecule has 1 aromatic rings. The van der Waals surface area contributed by atoms with E-state index >= 15 is 0 Å². The fourth-order valence-electron chi connectivity index (χ4n) is 2.78. The number of rotatable bonds is 2. The lowest BCUT2D eigenvalue weighted by atomic mass is 9.82. The molecular formula is C13H21F2N3. The minimum absolute atomic E-state index is 0.0360. The van der Waals surface area contributed by atoms with E-state index in [4.69, 9.17) is 5.73 Å². The number of nitrogen functional groups attached to an aromatic ring is 1. The van der Waals surface area contributed by atoms with Crippen molar-refractivity contribution in [3.05, 3.63) is 11.3 Å². The predicted molar refractivity (Wildman–Crippen MR) is 67.9 cm³/mol. The summed E-state index contributed by atoms with van der Waals surface area (Å²) in [5.41, 5.74) is 7.98. The molecule has 0 radical (unpaired) electrons. The van der Waals surface area contributed by atoms with E-state index in [-0.39, 0.29) is 24.7 Å². The molecule has 5 heteroatoms. The Morgan fingerprint density at radius 2 is 1.89 bits per heavy atom. The summed E-state index contributed by atoms with van der Waals surface area (Å²) in [5.74, 6) is -1.42. The van der Waals surface area contributed by atoms with Crippen molar-refractivity contribution in [2.75, 3.05) is 5.73 Å². The van der Waals surface area contributed by atoms with Gasteiger partial charge < -0.3 is 5.73 Å². The molecule has 2 rings (SSSR count). The first kappa shape index (κ1) is 13.3. The molecule has 102 valence electrons. The van der Waals surface area contributed by atoms with Gasteiger partial charge in [0.1, 0.15) is 5.82 Å². The highest BCUT2D eigenvalue weighted by molar-refractivity contribution is 5.46. The average Bonchev–Trinajstić information content (AvgIpc) is 2.55. The van der Waals surface area contributed by atoms with E-state index in [1.54, 1.807) is 4.68 Å². The zero-order valence-corrected chi connectivity index (χ0v) is 11.2. The van der Waals surface area contributed by atoms with Crippen LogP contribution in [0.1, 0.15) is 62.6 Å². The van der Waals surface area contributed by atoms with Gasteiger partial charge in [-0.15, -0.1) is 0 Å². The number of alkyl halides is 2. The fourth-order valence-corrected chi connectivity index (χ4v) is 2.78. The molecule has 0 atom stereocenters. The molecule has 1 aromatic heterocycles. The summed E-state index contributed by atoms with van der Waals surface area (Å²) in [6.45, 7) is 4.13. The summed E-state index contributed by atoms with van der Waals surface area (Å²) >= 11 is 0. The third-order valence-corrected chi connectivity index (χ3v) is 3.84. The number of hydrogen-bond acceptors (Lipinski definition) is 2. The first-order valence-electron chi connectivity index (χ1n) is 6.52. The Morgan fingerprint density at radius 3 is 2.39 bits per heavy atom. The number of halogens is 2. The molecule has 2 N–H and O–H groups in total. The molecule has 3 nitrogen and oxygen atoms in total. The van der Waals surface area contributed by atoms with Crippen LogP contribution in [0.25, 0.3) is 0 Å². The van der Waals surface area contributed by atoms with Gasteiger partial charge in [-0.2, -0.15) is 5.10 Å². The van der Waals surface area contributed by atoms with Gasteiger partial charge in [0.2, 0.25) is 5.92 Å². The largest absolute Gasteiger partial charge is 0.384 e. The molecule has 1 aliphatic carbocycles. The lowest BCUT2D eigenvalue weighted by Crippen LogP contribution is -2.24. The summed E-state index contributed by atoms with van der Waals surface area (Å²) in [5, 5.41) is 4.45. The Hall–Kier alpha value is -1.13. The van der Waals surface area contributed by atoms with Crippen LogP contribution in [0, 0.1) is 0 Å². The van der Waals surface area contributed by atoms with E-state index in [2.05, 4.69) is 18.9 Å². The second-order valence-corrected chi connectivity index (χ2v) is 5.59. The van der Waals surface area contributed by atoms with Crippen LogP contribution >= 0.6 is 0 Å². The zero-order chi connectivity index (χ0) is 13.5. The smallest absolute Gasteiger partial charge is 0.248 e. The van der Waals surface area contributed by atoms with Crippen molar-refractivity contribution in [2.24, 2.45) is 7.05 Å². The average molecular weight is 257 g/mol. The molecule has 0 unspecified atom stereocenters. The number of nitrogens with zero attached hydrogens (tertiary/aromatic N) is 2. The van der Waals surface area contributed by atoms with Crippen LogP contribution in [0.15, 0.2) is 0 Å². The number of aromatic nitrogens is 2. The maximum atomic E-state index is 13.2. The van der Waals surface area contributed by atoms with Gasteiger partial charge >= 0.3 is 0 Å². The summed E-state index contributed by atoms with van der Waals surface area (Å²) in [6, 6.07) is 0. The Bertz CT molecular complexity index is 428. The Balaban J connectivity index is 2.27. The highest BCUT2D eigenvalue weighted by Crippen LogP contribution is 2.43. The van der Waals surface area contributed by atoms with Crippen LogP contribution < -0.4 is 5.73 Å². The van der Waals surface area contributed by atoms with Gasteiger partial charge in [-0.3, -0.25) is 4.68 Å². The van der Waals surface area contributed by atoms with Crippen LogP contribution in [-0.4, -0.2) is 15.7 Å². The lowest BCUT2D eigenvalue weighted by molar-refractivity contribution is -0.0385. The van der Waals surface area contributed by atoms with Gasteiger partial charge in [0, 0.05) is 31.4 Å². The Labute approximate surface area is 106 Å². The summed E-state index contributed by atoms with van der Waals surface area (Å²) < 4.78 is 28.0. The van der Waals surface area contributed by atoms with E-state index in [0.717, 1.165) is 11.3 Å². The van der Waals surface area contributed by atoms with Crippen LogP contribution in [0.3, 0.4) is 0 Å². The number of aryl methyl sites for hydroxylation is 1. The van der Waals surface area contributed by atoms with Crippen molar-refractivity contribution in [1.29, 1.82) is 0 Å². The third-order valence-electron chi connectivity index (χ3n) is 3.84. The van der Waals surface area contributed by atoms with Crippen molar-refractivity contribution < 1.29 is 8.78 Å². The van der Waals surface area contributed by atoms with Crippen LogP contribution in [0.5, 0.6) is 0 Å². The molecule has 1 heterocycles. The van der Waals surface area contributed by atoms with Gasteiger partial charge in [0.15, 0.2) is 0 Å². The molecule has 1 saturated carbocycles. The molecule has 0 aliphatic heterocycles. The number of hydrogen-bond donors (Lipinski definition) is 1. The standard InChI is InChI=1S/C13H21F2N3/c1-8(2)10-11(17-18(3)12(10)16)9-4-6-13(14,15)7-5-9/h8-9H,4-7,16H2,1-3H3. The summed E-state index contributed by atoms with van der Waals surface area (Å²) in [4.78, 5) is 0. The molecule has 0 amide bonds. The molecule has 18 heavy (non-hydrogen) atoms. The maximum Gasteiger partial charge on any atom is 0.248 e. The molecule has 1 fully saturated rings. The highest BCUT2D eigenvalue weighted by atomic mass is 19.3. The summed E-state index contributed by atoms with van der Waals surface area (Å²) in [7, 11) is 1.81. The van der Waals surface area contributed by atoms with Crippen LogP contribution in [0.2, 0.25) is 0 Å². The van der Waals surface area contributed by atoms with Gasteiger partial charge in [-0.1, -0.05) is 13.8 Å². The molecular weight excluding hydrogens is 236 g/mol. The van der Waals surface area contributed by atoms with Gasteiger partial charge in [0.05, 0.1) is 5.69 Å². The van der Waals surface area contributed by atoms with Gasteiger partial charge in [-0.05, 0) is 18.8 Å². The first-order valence-corrected chi connectivity index (χ1v) is 6.52. The van der Waals surface area contributed by atoms with Crippen molar-refractivity contribution in [2.45, 2.75) is 57.3 Å². The van der Waals surface area contributed by atoms with Crippen molar-refractivity contribution in [3.63, 3.8) is 0 Å². The monoisotopic (exact) mass is 257 g/mol. The molecule has 0 bridgehead atoms. The van der Waals surface area contributed by atoms with E-state index < -0.39 is 5.92 Å². The maximum absolute atomic E-state index is 13.2. The van der Waals surface area contributed by atoms with Gasteiger partial charge in [-0.25, -0.2) is 8.78 Å². The van der Waals surface area contributed by atoms with Crippen molar-refractivity contribution in [1.82, 2.24) is 9.78 Å². The van der Waals surface area contributed by atoms with Crippen molar-refractivity contribution >= 4 is 5.82 Å². The Morgan fingerprint density at radius 1 is 1.33 bits per heavy atom. The second-order valence-electron chi connectivity index (χ2n) is 5.59. The normalized spacial score (nSPS) is 20.6. The topological polar surface area (TPSA) is 43.8 Å². The molecule has 0 aromatic carbocycles. The fraction of sp³-hybridized carbons (Fsp3) is 0.769. The lowest BCUT2D eigenvalue weighted by Gasteiger charge is -2.28. The van der Waals surface area contributed by atoms with E-state index in [1.807, 2.05) is 7.05 Å². The van der Waals surface area contributed by atoms with E-state index in [0.29, 0.717) is 18.7 Å². The van der Waals surface area contributed by atoms with Crippen LogP contribution in [-0.2, 0) is 7.05 Å². The number of nitrogens with two attached hydrogens (primary N) is 1. The highest BCUT2D eigenvalue weighted by Gasteiger charge is 2.37. The van der Waals surface area contributed by atoms with E-state index in [9.17, 15) is 8.78 Å². The predicted octanol–water partition coefficient (Wildman–Crippen LogP) is 3.42. The van der Waals surface area contributed by atoms with Crippen LogP contribution in [0.4, 0.5) is 14.6 Å². The molecule has 0 spiro atoms. The third kappa shape index (κ3) is 2.35. The second kappa shape index (κ2) is 4.52. The SMILES string of the molecule is CC(C)c1c(C2CCC(F)(F)CC2)nn(C)c1N. The van der Waals surface area contributed by atoms with E-state index in [1.165, 1.54) is 0 Å². The first-order chi connectivity index (χ1) is 8.32. The summed E-state index contributed by atoms with van der Waals surface area (Å²) in [6.07, 6.45) is 0.934. The molecule has 0 saturated heterocycles. The van der Waals surface area contributed by atoms with Gasteiger partial charge in [0.25, 0.3) is 0 Å². The minimum Gasteiger partial charge on any atom is -0.384 e. The van der Waals surface area contributed by atoms with Crippen molar-refractivity contribution in [3.8, 4) is 0 Å². The Kier molecular flexibility index (Phi) is 3.34.